The summed E-state index contributed by atoms with van der Waals surface area (Å²) in [5.41, 5.74) is 6.90. The van der Waals surface area contributed by atoms with E-state index in [2.05, 4.69) is 25.8 Å². The first kappa shape index (κ1) is 12.3. The van der Waals surface area contributed by atoms with Crippen LogP contribution in [0.4, 0.5) is 0 Å². The van der Waals surface area contributed by atoms with Gasteiger partial charge in [0.1, 0.15) is 0 Å². The molecule has 0 radical (unpaired) electrons. The quantitative estimate of drug-likeness (QED) is 0.889. The Balaban J connectivity index is 2.52. The minimum absolute atomic E-state index is 0.0224. The second-order valence-electron chi connectivity index (χ2n) is 5.11. The molecule has 0 saturated heterocycles. The second kappa shape index (κ2) is 4.23. The van der Waals surface area contributed by atoms with Crippen molar-refractivity contribution in [1.82, 2.24) is 14.5 Å². The molecule has 0 saturated carbocycles. The van der Waals surface area contributed by atoms with Crippen molar-refractivity contribution in [3.05, 3.63) is 23.0 Å². The molecule has 0 aliphatic carbocycles. The van der Waals surface area contributed by atoms with Gasteiger partial charge in [0, 0.05) is 36.3 Å². The highest BCUT2D eigenvalue weighted by atomic mass is 32.1. The van der Waals surface area contributed by atoms with Gasteiger partial charge in [-0.15, -0.1) is 11.3 Å². The Hall–Kier alpha value is -1.20. The van der Waals surface area contributed by atoms with Crippen molar-refractivity contribution in [2.45, 2.75) is 32.7 Å². The van der Waals surface area contributed by atoms with Crippen molar-refractivity contribution in [1.29, 1.82) is 0 Å². The maximum Gasteiger partial charge on any atom is 0.168 e. The van der Waals surface area contributed by atoms with Crippen LogP contribution in [-0.4, -0.2) is 14.5 Å². The van der Waals surface area contributed by atoms with Crippen molar-refractivity contribution >= 4 is 11.3 Å². The van der Waals surface area contributed by atoms with Crippen LogP contribution < -0.4 is 5.73 Å². The number of hydrogen-bond acceptors (Lipinski definition) is 4. The minimum atomic E-state index is 0.0224. The Bertz CT molecular complexity index is 519. The molecule has 0 atom stereocenters. The van der Waals surface area contributed by atoms with Gasteiger partial charge in [-0.05, 0) is 0 Å². The maximum atomic E-state index is 5.80. The van der Waals surface area contributed by atoms with Gasteiger partial charge in [-0.3, -0.25) is 0 Å². The number of hydrogen-bond donors (Lipinski definition) is 1. The van der Waals surface area contributed by atoms with Gasteiger partial charge in [-0.2, -0.15) is 0 Å². The molecule has 0 unspecified atom stereocenters. The van der Waals surface area contributed by atoms with Gasteiger partial charge in [0.2, 0.25) is 0 Å². The zero-order valence-electron chi connectivity index (χ0n) is 10.7. The van der Waals surface area contributed by atoms with E-state index in [1.54, 1.807) is 17.5 Å². The Morgan fingerprint density at radius 3 is 2.53 bits per heavy atom. The van der Waals surface area contributed by atoms with Crippen LogP contribution >= 0.6 is 11.3 Å². The third-order valence-electron chi connectivity index (χ3n) is 2.61. The Kier molecular flexibility index (Phi) is 3.05. The second-order valence-corrected chi connectivity index (χ2v) is 6.19. The molecule has 2 heterocycles. The molecule has 17 heavy (non-hydrogen) atoms. The lowest BCUT2D eigenvalue weighted by Crippen LogP contribution is -2.15. The first-order valence-corrected chi connectivity index (χ1v) is 6.43. The van der Waals surface area contributed by atoms with E-state index in [4.69, 9.17) is 10.7 Å². The highest BCUT2D eigenvalue weighted by Gasteiger charge is 2.23. The molecule has 0 aromatic carbocycles. The lowest BCUT2D eigenvalue weighted by atomic mass is 9.91. The summed E-state index contributed by atoms with van der Waals surface area (Å²) in [6.45, 7) is 7.00. The highest BCUT2D eigenvalue weighted by molar-refractivity contribution is 7.15. The third kappa shape index (κ3) is 2.25. The van der Waals surface area contributed by atoms with Crippen LogP contribution in [0.3, 0.4) is 0 Å². The van der Waals surface area contributed by atoms with E-state index < -0.39 is 0 Å². The largest absolute Gasteiger partial charge is 0.332 e. The standard InChI is InChI=1S/C12H18N4S/c1-12(2,3)9-8(7-13)17-11(15-9)10-14-5-6-16(10)4/h5-6H,7,13H2,1-4H3. The molecule has 2 N–H and O–H groups in total. The normalized spacial score (nSPS) is 12.1. The fourth-order valence-electron chi connectivity index (χ4n) is 1.74. The number of aromatic nitrogens is 3. The van der Waals surface area contributed by atoms with E-state index in [-0.39, 0.29) is 5.41 Å². The topological polar surface area (TPSA) is 56.7 Å². The molecule has 0 aliphatic rings. The van der Waals surface area contributed by atoms with Crippen molar-refractivity contribution in [2.75, 3.05) is 0 Å². The van der Waals surface area contributed by atoms with Crippen molar-refractivity contribution in [3.8, 4) is 10.8 Å². The third-order valence-corrected chi connectivity index (χ3v) is 3.68. The fourth-order valence-corrected chi connectivity index (χ4v) is 2.93. The molecule has 2 aromatic rings. The van der Waals surface area contributed by atoms with Crippen molar-refractivity contribution in [2.24, 2.45) is 12.8 Å². The fraction of sp³-hybridized carbons (Fsp3) is 0.500. The molecule has 0 fully saturated rings. The summed E-state index contributed by atoms with van der Waals surface area (Å²) in [6.07, 6.45) is 3.71. The van der Waals surface area contributed by atoms with Crippen molar-refractivity contribution in [3.63, 3.8) is 0 Å². The van der Waals surface area contributed by atoms with Gasteiger partial charge in [0.25, 0.3) is 0 Å². The summed E-state index contributed by atoms with van der Waals surface area (Å²) >= 11 is 1.64. The number of imidazole rings is 1. The monoisotopic (exact) mass is 250 g/mol. The Morgan fingerprint density at radius 1 is 1.41 bits per heavy atom. The van der Waals surface area contributed by atoms with Gasteiger partial charge < -0.3 is 10.3 Å². The van der Waals surface area contributed by atoms with Gasteiger partial charge in [0.15, 0.2) is 10.8 Å². The summed E-state index contributed by atoms with van der Waals surface area (Å²) in [4.78, 5) is 10.2. The van der Waals surface area contributed by atoms with E-state index in [1.165, 1.54) is 0 Å². The summed E-state index contributed by atoms with van der Waals surface area (Å²) in [6, 6.07) is 0. The number of thiazole rings is 1. The predicted octanol–water partition coefficient (Wildman–Crippen LogP) is 2.30. The zero-order chi connectivity index (χ0) is 12.6. The molecule has 0 aliphatic heterocycles. The lowest BCUT2D eigenvalue weighted by Gasteiger charge is -2.16. The van der Waals surface area contributed by atoms with Crippen LogP contribution in [0.2, 0.25) is 0 Å². The number of nitrogens with two attached hydrogens (primary N) is 1. The van der Waals surface area contributed by atoms with Crippen molar-refractivity contribution < 1.29 is 0 Å². The average Bonchev–Trinajstić information content (AvgIpc) is 2.81. The van der Waals surface area contributed by atoms with Crippen LogP contribution in [0.25, 0.3) is 10.8 Å². The van der Waals surface area contributed by atoms with E-state index in [0.717, 1.165) is 21.4 Å². The zero-order valence-corrected chi connectivity index (χ0v) is 11.5. The molecule has 92 valence electrons. The Labute approximate surface area is 106 Å². The van der Waals surface area contributed by atoms with E-state index in [1.807, 2.05) is 17.8 Å². The maximum absolute atomic E-state index is 5.80. The molecule has 0 bridgehead atoms. The van der Waals surface area contributed by atoms with Gasteiger partial charge in [-0.1, -0.05) is 20.8 Å². The minimum Gasteiger partial charge on any atom is -0.332 e. The summed E-state index contributed by atoms with van der Waals surface area (Å²) in [7, 11) is 1.97. The van der Waals surface area contributed by atoms with Gasteiger partial charge >= 0.3 is 0 Å². The first-order valence-electron chi connectivity index (χ1n) is 5.61. The molecule has 5 heteroatoms. The summed E-state index contributed by atoms with van der Waals surface area (Å²) in [5, 5.41) is 0.947. The smallest absolute Gasteiger partial charge is 0.168 e. The van der Waals surface area contributed by atoms with E-state index in [0.29, 0.717) is 6.54 Å². The van der Waals surface area contributed by atoms with Crippen LogP contribution in [-0.2, 0) is 19.0 Å². The highest BCUT2D eigenvalue weighted by Crippen LogP contribution is 2.33. The lowest BCUT2D eigenvalue weighted by molar-refractivity contribution is 0.566. The number of aryl methyl sites for hydroxylation is 1. The van der Waals surface area contributed by atoms with Crippen LogP contribution in [0.1, 0.15) is 31.3 Å². The molecule has 4 nitrogen and oxygen atoms in total. The molecule has 2 rings (SSSR count). The number of rotatable bonds is 2. The SMILES string of the molecule is Cn1ccnc1-c1nc(C(C)(C)C)c(CN)s1. The predicted molar refractivity (Wildman–Crippen MR) is 70.9 cm³/mol. The first-order chi connectivity index (χ1) is 7.93. The van der Waals surface area contributed by atoms with Gasteiger partial charge in [-0.25, -0.2) is 9.97 Å². The van der Waals surface area contributed by atoms with E-state index >= 15 is 0 Å². The Morgan fingerprint density at radius 2 is 2.12 bits per heavy atom. The molecule has 0 spiro atoms. The molecular formula is C12H18N4S. The van der Waals surface area contributed by atoms with Crippen LogP contribution in [0, 0.1) is 0 Å². The van der Waals surface area contributed by atoms with Crippen LogP contribution in [0.15, 0.2) is 12.4 Å². The van der Waals surface area contributed by atoms with Gasteiger partial charge in [0.05, 0.1) is 5.69 Å². The average molecular weight is 250 g/mol. The number of nitrogens with zero attached hydrogens (tertiary/aromatic N) is 3. The molecular weight excluding hydrogens is 232 g/mol. The van der Waals surface area contributed by atoms with Crippen LogP contribution in [0.5, 0.6) is 0 Å². The molecule has 0 amide bonds. The van der Waals surface area contributed by atoms with E-state index in [9.17, 15) is 0 Å². The molecule has 2 aromatic heterocycles. The summed E-state index contributed by atoms with van der Waals surface area (Å²) in [5.74, 6) is 0.903. The summed E-state index contributed by atoms with van der Waals surface area (Å²) < 4.78 is 1.98.